The summed E-state index contributed by atoms with van der Waals surface area (Å²) in [6.07, 6.45) is 3.36. The van der Waals surface area contributed by atoms with Gasteiger partial charge in [0.2, 0.25) is 11.1 Å². The van der Waals surface area contributed by atoms with Crippen LogP contribution in [-0.2, 0) is 4.79 Å². The molecule has 8 heteroatoms. The summed E-state index contributed by atoms with van der Waals surface area (Å²) in [5, 5.41) is 9.52. The summed E-state index contributed by atoms with van der Waals surface area (Å²) in [7, 11) is 0. The molecule has 1 aromatic heterocycles. The number of likely N-dealkylation sites (tertiary alicyclic amines) is 1. The summed E-state index contributed by atoms with van der Waals surface area (Å²) >= 11 is 7.28. The molecule has 0 spiro atoms. The second kappa shape index (κ2) is 6.95. The number of amides is 1. The van der Waals surface area contributed by atoms with Gasteiger partial charge in [-0.25, -0.2) is 4.68 Å². The summed E-state index contributed by atoms with van der Waals surface area (Å²) in [6, 6.07) is 7.62. The molecule has 0 radical (unpaired) electrons. The largest absolute Gasteiger partial charge is 0.338 e. The third-order valence-corrected chi connectivity index (χ3v) is 7.01. The van der Waals surface area contributed by atoms with Crippen LogP contribution < -0.4 is 5.84 Å². The lowest BCUT2D eigenvalue weighted by molar-refractivity contribution is -0.129. The van der Waals surface area contributed by atoms with Gasteiger partial charge in [-0.3, -0.25) is 4.79 Å². The first-order valence-corrected chi connectivity index (χ1v) is 10.9. The number of hydrogen-bond acceptors (Lipinski definition) is 5. The van der Waals surface area contributed by atoms with Gasteiger partial charge in [-0.2, -0.15) is 0 Å². The minimum absolute atomic E-state index is 0.160. The van der Waals surface area contributed by atoms with Crippen LogP contribution in [-0.4, -0.2) is 44.0 Å². The van der Waals surface area contributed by atoms with E-state index in [4.69, 9.17) is 17.4 Å². The number of benzene rings is 1. The highest BCUT2D eigenvalue weighted by Gasteiger charge is 2.50. The van der Waals surface area contributed by atoms with E-state index < -0.39 is 0 Å². The van der Waals surface area contributed by atoms with E-state index in [1.807, 2.05) is 12.1 Å². The molecule has 150 valence electrons. The lowest BCUT2D eigenvalue weighted by Gasteiger charge is -2.39. The van der Waals surface area contributed by atoms with Crippen LogP contribution in [0.2, 0.25) is 5.02 Å². The van der Waals surface area contributed by atoms with Crippen LogP contribution in [0.1, 0.15) is 40.0 Å². The maximum atomic E-state index is 12.9. The molecule has 2 aliphatic rings. The van der Waals surface area contributed by atoms with Crippen molar-refractivity contribution < 1.29 is 4.79 Å². The molecule has 2 heterocycles. The Kier molecular flexibility index (Phi) is 4.86. The third kappa shape index (κ3) is 3.74. The number of thioether (sulfide) groups is 1. The molecule has 2 N–H and O–H groups in total. The van der Waals surface area contributed by atoms with Gasteiger partial charge in [0.25, 0.3) is 0 Å². The van der Waals surface area contributed by atoms with Crippen molar-refractivity contribution in [3.8, 4) is 11.4 Å². The van der Waals surface area contributed by atoms with Crippen molar-refractivity contribution in [3.63, 3.8) is 0 Å². The van der Waals surface area contributed by atoms with Crippen molar-refractivity contribution in [2.45, 2.75) is 51.2 Å². The van der Waals surface area contributed by atoms with Gasteiger partial charge in [-0.05, 0) is 54.4 Å². The molecule has 1 saturated carbocycles. The summed E-state index contributed by atoms with van der Waals surface area (Å²) in [4.78, 5) is 15.0. The fourth-order valence-corrected chi connectivity index (χ4v) is 6.00. The average Bonchev–Trinajstić information content (AvgIpc) is 3.09. The highest BCUT2D eigenvalue weighted by Crippen LogP contribution is 2.52. The van der Waals surface area contributed by atoms with Crippen LogP contribution >= 0.6 is 23.4 Å². The normalized spacial score (nSPS) is 25.9. The van der Waals surface area contributed by atoms with Crippen LogP contribution in [0.5, 0.6) is 0 Å². The Balaban J connectivity index is 1.43. The highest BCUT2D eigenvalue weighted by atomic mass is 35.5. The standard InChI is InChI=1S/C20H26ClN5OS/c1-19(2)8-15-9-20(3,11-19)12-25(15)16(27)10-28-18-24-23-17(26(18)22)13-4-6-14(21)7-5-13/h4-7,15H,8-12,22H2,1-3H3/t15-,20-/m1/s1. The zero-order valence-electron chi connectivity index (χ0n) is 16.5. The molecule has 28 heavy (non-hydrogen) atoms. The number of fused-ring (bicyclic) bond motifs is 2. The van der Waals surface area contributed by atoms with Crippen molar-refractivity contribution in [2.75, 3.05) is 18.1 Å². The Morgan fingerprint density at radius 3 is 2.68 bits per heavy atom. The molecule has 1 amide bonds. The lowest BCUT2D eigenvalue weighted by Crippen LogP contribution is -2.38. The number of aromatic nitrogens is 3. The Morgan fingerprint density at radius 1 is 1.25 bits per heavy atom. The molecule has 1 aliphatic heterocycles. The monoisotopic (exact) mass is 419 g/mol. The van der Waals surface area contributed by atoms with Crippen LogP contribution in [0.3, 0.4) is 0 Å². The van der Waals surface area contributed by atoms with Crippen LogP contribution in [0, 0.1) is 10.8 Å². The Morgan fingerprint density at radius 2 is 1.96 bits per heavy atom. The van der Waals surface area contributed by atoms with Gasteiger partial charge in [-0.1, -0.05) is 44.1 Å². The minimum Gasteiger partial charge on any atom is -0.338 e. The van der Waals surface area contributed by atoms with Crippen molar-refractivity contribution in [1.82, 2.24) is 19.8 Å². The van der Waals surface area contributed by atoms with Gasteiger partial charge in [0.1, 0.15) is 0 Å². The number of nitrogens with two attached hydrogens (primary N) is 1. The Hall–Kier alpha value is -1.73. The number of carbonyl (C=O) groups excluding carboxylic acids is 1. The van der Waals surface area contributed by atoms with E-state index in [1.54, 1.807) is 12.1 Å². The fraction of sp³-hybridized carbons (Fsp3) is 0.550. The number of rotatable bonds is 4. The average molecular weight is 420 g/mol. The van der Waals surface area contributed by atoms with Crippen molar-refractivity contribution >= 4 is 29.3 Å². The first kappa shape index (κ1) is 19.6. The van der Waals surface area contributed by atoms with Crippen LogP contribution in [0.25, 0.3) is 11.4 Å². The Bertz CT molecular complexity index is 897. The molecular weight excluding hydrogens is 394 g/mol. The summed E-state index contributed by atoms with van der Waals surface area (Å²) in [5.41, 5.74) is 1.37. The quantitative estimate of drug-likeness (QED) is 0.601. The van der Waals surface area contributed by atoms with E-state index in [0.717, 1.165) is 24.9 Å². The lowest BCUT2D eigenvalue weighted by atomic mass is 9.65. The number of nitrogen functional groups attached to an aromatic ring is 1. The maximum Gasteiger partial charge on any atom is 0.233 e. The topological polar surface area (TPSA) is 77.0 Å². The number of halogens is 1. The number of nitrogens with zero attached hydrogens (tertiary/aromatic N) is 4. The summed E-state index contributed by atoms with van der Waals surface area (Å²) in [5.74, 6) is 7.20. The number of hydrogen-bond donors (Lipinski definition) is 1. The van der Waals surface area contributed by atoms with Crippen LogP contribution in [0.4, 0.5) is 0 Å². The van der Waals surface area contributed by atoms with Gasteiger partial charge in [0, 0.05) is 23.2 Å². The third-order valence-electron chi connectivity index (χ3n) is 5.83. The molecule has 1 aliphatic carbocycles. The van der Waals surface area contributed by atoms with Gasteiger partial charge in [0.15, 0.2) is 5.82 Å². The van der Waals surface area contributed by atoms with Crippen LogP contribution in [0.15, 0.2) is 29.4 Å². The second-order valence-electron chi connectivity index (χ2n) is 9.21. The summed E-state index contributed by atoms with van der Waals surface area (Å²) < 4.78 is 1.44. The SMILES string of the molecule is CC1(C)C[C@@H]2C[C@@](C)(CN2C(=O)CSc2nnc(-c3ccc(Cl)cc3)n2N)C1. The van der Waals surface area contributed by atoms with E-state index in [2.05, 4.69) is 35.9 Å². The molecule has 2 atom stereocenters. The molecule has 1 aromatic carbocycles. The zero-order chi connectivity index (χ0) is 20.1. The Labute approximate surface area is 174 Å². The van der Waals surface area contributed by atoms with E-state index in [0.29, 0.717) is 33.2 Å². The predicted octanol–water partition coefficient (Wildman–Crippen LogP) is 3.83. The molecule has 0 unspecified atom stereocenters. The molecule has 1 saturated heterocycles. The first-order chi connectivity index (χ1) is 13.2. The molecule has 6 nitrogen and oxygen atoms in total. The van der Waals surface area contributed by atoms with Gasteiger partial charge >= 0.3 is 0 Å². The van der Waals surface area contributed by atoms with E-state index in [-0.39, 0.29) is 11.3 Å². The summed E-state index contributed by atoms with van der Waals surface area (Å²) in [6.45, 7) is 7.80. The molecule has 2 aromatic rings. The van der Waals surface area contributed by atoms with Gasteiger partial charge < -0.3 is 10.7 Å². The van der Waals surface area contributed by atoms with E-state index in [9.17, 15) is 4.79 Å². The minimum atomic E-state index is 0.160. The predicted molar refractivity (Wildman–Crippen MR) is 113 cm³/mol. The molecule has 2 bridgehead atoms. The molecule has 2 fully saturated rings. The van der Waals surface area contributed by atoms with Gasteiger partial charge in [-0.15, -0.1) is 10.2 Å². The molecule has 4 rings (SSSR count). The maximum absolute atomic E-state index is 12.9. The smallest absolute Gasteiger partial charge is 0.233 e. The zero-order valence-corrected chi connectivity index (χ0v) is 18.1. The van der Waals surface area contributed by atoms with Gasteiger partial charge in [0.05, 0.1) is 5.75 Å². The van der Waals surface area contributed by atoms with Crippen molar-refractivity contribution in [2.24, 2.45) is 10.8 Å². The highest BCUT2D eigenvalue weighted by molar-refractivity contribution is 7.99. The van der Waals surface area contributed by atoms with Crippen molar-refractivity contribution in [3.05, 3.63) is 29.3 Å². The number of carbonyl (C=O) groups is 1. The first-order valence-electron chi connectivity index (χ1n) is 9.55. The molecular formula is C20H26ClN5OS. The van der Waals surface area contributed by atoms with E-state index >= 15 is 0 Å². The fourth-order valence-electron chi connectivity index (χ4n) is 5.13. The van der Waals surface area contributed by atoms with E-state index in [1.165, 1.54) is 22.9 Å². The van der Waals surface area contributed by atoms with Crippen molar-refractivity contribution in [1.29, 1.82) is 0 Å². The second-order valence-corrected chi connectivity index (χ2v) is 10.6.